The molecule has 0 radical (unpaired) electrons. The van der Waals surface area contributed by atoms with Crippen molar-refractivity contribution in [2.75, 3.05) is 12.3 Å². The van der Waals surface area contributed by atoms with Crippen molar-refractivity contribution in [3.8, 4) is 0 Å². The van der Waals surface area contributed by atoms with Gasteiger partial charge in [-0.3, -0.25) is 9.09 Å². The lowest BCUT2D eigenvalue weighted by Gasteiger charge is -2.22. The summed E-state index contributed by atoms with van der Waals surface area (Å²) in [6, 6.07) is 1.26. The van der Waals surface area contributed by atoms with Gasteiger partial charge in [0.15, 0.2) is 6.23 Å². The molecule has 0 aliphatic carbocycles. The molecule has 1 aromatic rings. The maximum Gasteiger partial charge on any atom is 0.470 e. The van der Waals surface area contributed by atoms with E-state index < -0.39 is 44.7 Å². The zero-order valence-corrected chi connectivity index (χ0v) is 11.4. The molecule has 1 aromatic heterocycles. The molecule has 1 aliphatic heterocycles. The van der Waals surface area contributed by atoms with Crippen LogP contribution in [0.4, 0.5) is 5.82 Å². The smallest absolute Gasteiger partial charge is 0.394 e. The maximum atomic E-state index is 11.7. The lowest BCUT2D eigenvalue weighted by Crippen LogP contribution is -2.37. The molecule has 1 aliphatic rings. The van der Waals surface area contributed by atoms with Gasteiger partial charge in [-0.05, 0) is 6.07 Å². The first kappa shape index (κ1) is 16.0. The summed E-state index contributed by atoms with van der Waals surface area (Å²) in [5.41, 5.74) is 4.48. The van der Waals surface area contributed by atoms with Crippen LogP contribution in [0, 0.1) is 0 Å². The predicted octanol–water partition coefficient (Wildman–Crippen LogP) is -2.45. The number of phosphoric acid groups is 1. The highest BCUT2D eigenvalue weighted by molar-refractivity contribution is 7.46. The number of nitrogens with zero attached hydrogens (tertiary/aromatic N) is 2. The van der Waals surface area contributed by atoms with Crippen molar-refractivity contribution >= 4 is 13.6 Å². The summed E-state index contributed by atoms with van der Waals surface area (Å²) in [5, 5.41) is 18.9. The first-order valence-corrected chi connectivity index (χ1v) is 7.29. The predicted molar refractivity (Wildman–Crippen MR) is 66.8 cm³/mol. The van der Waals surface area contributed by atoms with Crippen LogP contribution in [0.5, 0.6) is 0 Å². The molecule has 12 heteroatoms. The molecule has 0 saturated carbocycles. The Bertz CT molecular complexity index is 615. The number of rotatable bonds is 4. The lowest BCUT2D eigenvalue weighted by atomic mass is 10.1. The van der Waals surface area contributed by atoms with Crippen LogP contribution >= 0.6 is 7.82 Å². The van der Waals surface area contributed by atoms with E-state index in [-0.39, 0.29) is 5.82 Å². The normalized spacial score (nSPS) is 29.7. The fourth-order valence-electron chi connectivity index (χ4n) is 1.98. The van der Waals surface area contributed by atoms with Crippen molar-refractivity contribution in [2.45, 2.75) is 24.5 Å². The third-order valence-electron chi connectivity index (χ3n) is 2.88. The molecular formula is C9H14N3O8P. The Morgan fingerprint density at radius 1 is 1.52 bits per heavy atom. The molecule has 21 heavy (non-hydrogen) atoms. The standard InChI is InChI=1S/C9H14N3O8P/c10-5-1-2-12(9(15)11-5)8-7(20-21(16,17)18)6(14)4(3-13)19-8/h1-2,4,6-8,13-14H,3H2,(H2,10,11,15)(H2,16,17,18)/t4-,6+,7+,8-/m1/s1. The highest BCUT2D eigenvalue weighted by Gasteiger charge is 2.48. The van der Waals surface area contributed by atoms with Crippen LogP contribution in [-0.4, -0.2) is 54.5 Å². The summed E-state index contributed by atoms with van der Waals surface area (Å²) in [6.07, 6.45) is -4.47. The number of phosphoric ester groups is 1. The molecule has 4 atom stereocenters. The highest BCUT2D eigenvalue weighted by atomic mass is 31.2. The zero-order chi connectivity index (χ0) is 15.8. The average molecular weight is 323 g/mol. The monoisotopic (exact) mass is 323 g/mol. The Morgan fingerprint density at radius 2 is 2.19 bits per heavy atom. The topological polar surface area (TPSA) is 177 Å². The van der Waals surface area contributed by atoms with Crippen molar-refractivity contribution in [3.05, 3.63) is 22.7 Å². The second-order valence-corrected chi connectivity index (χ2v) is 5.53. The summed E-state index contributed by atoms with van der Waals surface area (Å²) in [4.78, 5) is 32.9. The van der Waals surface area contributed by atoms with Crippen molar-refractivity contribution < 1.29 is 33.8 Å². The first-order valence-electron chi connectivity index (χ1n) is 5.76. The molecule has 1 saturated heterocycles. The summed E-state index contributed by atoms with van der Waals surface area (Å²) in [6.45, 7) is -0.629. The number of hydrogen-bond acceptors (Lipinski definition) is 8. The molecular weight excluding hydrogens is 309 g/mol. The van der Waals surface area contributed by atoms with Crippen molar-refractivity contribution in [3.63, 3.8) is 0 Å². The van der Waals surface area contributed by atoms with E-state index in [2.05, 4.69) is 9.51 Å². The van der Waals surface area contributed by atoms with Gasteiger partial charge in [0.05, 0.1) is 6.61 Å². The van der Waals surface area contributed by atoms with Crippen LogP contribution in [0.25, 0.3) is 0 Å². The van der Waals surface area contributed by atoms with E-state index in [1.54, 1.807) is 0 Å². The van der Waals surface area contributed by atoms with E-state index in [4.69, 9.17) is 25.4 Å². The van der Waals surface area contributed by atoms with Crippen LogP contribution in [0.2, 0.25) is 0 Å². The van der Waals surface area contributed by atoms with Gasteiger partial charge in [0, 0.05) is 6.20 Å². The van der Waals surface area contributed by atoms with E-state index in [9.17, 15) is 14.5 Å². The van der Waals surface area contributed by atoms with E-state index >= 15 is 0 Å². The SMILES string of the molecule is Nc1ccn([C@@H]2O[C@H](CO)[C@H](O)[C@@H]2OP(=O)(O)O)c(=O)n1. The van der Waals surface area contributed by atoms with E-state index in [1.165, 1.54) is 12.3 Å². The fraction of sp³-hybridized carbons (Fsp3) is 0.556. The second kappa shape index (κ2) is 5.81. The highest BCUT2D eigenvalue weighted by Crippen LogP contribution is 2.44. The van der Waals surface area contributed by atoms with Gasteiger partial charge in [-0.15, -0.1) is 0 Å². The summed E-state index contributed by atoms with van der Waals surface area (Å²) >= 11 is 0. The Morgan fingerprint density at radius 3 is 2.71 bits per heavy atom. The lowest BCUT2D eigenvalue weighted by molar-refractivity contribution is -0.0543. The average Bonchev–Trinajstić information content (AvgIpc) is 2.65. The van der Waals surface area contributed by atoms with Crippen LogP contribution in [0.1, 0.15) is 6.23 Å². The fourth-order valence-corrected chi connectivity index (χ4v) is 2.53. The minimum absolute atomic E-state index is 0.0547. The molecule has 0 unspecified atom stereocenters. The third kappa shape index (κ3) is 3.47. The number of anilines is 1. The van der Waals surface area contributed by atoms with E-state index in [1.807, 2.05) is 0 Å². The van der Waals surface area contributed by atoms with Gasteiger partial charge in [0.25, 0.3) is 0 Å². The first-order chi connectivity index (χ1) is 9.73. The van der Waals surface area contributed by atoms with Gasteiger partial charge in [-0.25, -0.2) is 9.36 Å². The number of nitrogen functional groups attached to an aromatic ring is 1. The Balaban J connectivity index is 2.39. The van der Waals surface area contributed by atoms with Crippen LogP contribution in [0.3, 0.4) is 0 Å². The molecule has 0 amide bonds. The Kier molecular flexibility index (Phi) is 4.44. The summed E-state index contributed by atoms with van der Waals surface area (Å²) in [7, 11) is -4.95. The number of ether oxygens (including phenoxy) is 1. The molecule has 118 valence electrons. The number of nitrogens with two attached hydrogens (primary N) is 1. The van der Waals surface area contributed by atoms with Gasteiger partial charge in [0.2, 0.25) is 0 Å². The zero-order valence-electron chi connectivity index (χ0n) is 10.5. The van der Waals surface area contributed by atoms with E-state index in [0.29, 0.717) is 0 Å². The molecule has 1 fully saturated rings. The third-order valence-corrected chi connectivity index (χ3v) is 3.40. The molecule has 2 rings (SSSR count). The molecule has 2 heterocycles. The van der Waals surface area contributed by atoms with Crippen LogP contribution in [-0.2, 0) is 13.8 Å². The number of hydrogen-bond donors (Lipinski definition) is 5. The van der Waals surface area contributed by atoms with Gasteiger partial charge in [-0.1, -0.05) is 0 Å². The summed E-state index contributed by atoms with van der Waals surface area (Å²) < 4.78 is 21.5. The largest absolute Gasteiger partial charge is 0.470 e. The van der Waals surface area contributed by atoms with Crippen LogP contribution in [0.15, 0.2) is 17.1 Å². The van der Waals surface area contributed by atoms with Crippen molar-refractivity contribution in [1.82, 2.24) is 9.55 Å². The van der Waals surface area contributed by atoms with Gasteiger partial charge < -0.3 is 30.5 Å². The molecule has 11 nitrogen and oxygen atoms in total. The summed E-state index contributed by atoms with van der Waals surface area (Å²) in [5.74, 6) is -0.0547. The Hall–Kier alpha value is -1.33. The van der Waals surface area contributed by atoms with Gasteiger partial charge in [0.1, 0.15) is 24.1 Å². The minimum atomic E-state index is -4.95. The molecule has 0 spiro atoms. The van der Waals surface area contributed by atoms with Crippen molar-refractivity contribution in [2.24, 2.45) is 0 Å². The minimum Gasteiger partial charge on any atom is -0.394 e. The van der Waals surface area contributed by atoms with E-state index in [0.717, 1.165) is 4.57 Å². The maximum absolute atomic E-state index is 11.7. The van der Waals surface area contributed by atoms with Crippen LogP contribution < -0.4 is 11.4 Å². The van der Waals surface area contributed by atoms with Gasteiger partial charge >= 0.3 is 13.5 Å². The number of aliphatic hydroxyl groups excluding tert-OH is 2. The molecule has 6 N–H and O–H groups in total. The number of aliphatic hydroxyl groups is 2. The molecule has 0 aromatic carbocycles. The Labute approximate surface area is 117 Å². The molecule has 0 bridgehead atoms. The number of aromatic nitrogens is 2. The van der Waals surface area contributed by atoms with Crippen molar-refractivity contribution in [1.29, 1.82) is 0 Å². The van der Waals surface area contributed by atoms with Gasteiger partial charge in [-0.2, -0.15) is 4.98 Å². The quantitative estimate of drug-likeness (QED) is 0.374. The second-order valence-electron chi connectivity index (χ2n) is 4.34.